The molecule has 1 amide bonds. The van der Waals surface area contributed by atoms with Crippen LogP contribution in [0.2, 0.25) is 0 Å². The second-order valence-electron chi connectivity index (χ2n) is 6.64. The van der Waals surface area contributed by atoms with E-state index < -0.39 is 4.92 Å². The summed E-state index contributed by atoms with van der Waals surface area (Å²) in [7, 11) is 0. The van der Waals surface area contributed by atoms with Gasteiger partial charge in [-0.15, -0.1) is 5.10 Å². The summed E-state index contributed by atoms with van der Waals surface area (Å²) in [6.07, 6.45) is 4.28. The topological polar surface area (TPSA) is 88.2 Å². The third kappa shape index (κ3) is 5.51. The number of benzene rings is 2. The maximum absolute atomic E-state index is 12.9. The van der Waals surface area contributed by atoms with E-state index in [1.807, 2.05) is 30.3 Å². The molecule has 8 heteroatoms. The Balaban J connectivity index is 1.80. The summed E-state index contributed by atoms with van der Waals surface area (Å²) in [6.45, 7) is 2.55. The molecule has 0 radical (unpaired) electrons. The van der Waals surface area contributed by atoms with E-state index in [4.69, 9.17) is 0 Å². The van der Waals surface area contributed by atoms with E-state index in [0.717, 1.165) is 24.8 Å². The van der Waals surface area contributed by atoms with Gasteiger partial charge >= 0.3 is 0 Å². The Hall–Kier alpha value is -3.00. The second kappa shape index (κ2) is 9.97. The molecule has 3 rings (SSSR count). The number of amides is 1. The molecule has 150 valence electrons. The highest BCUT2D eigenvalue weighted by Gasteiger charge is 2.37. The molecule has 0 N–H and O–H groups in total. The highest BCUT2D eigenvalue weighted by molar-refractivity contribution is 8.15. The van der Waals surface area contributed by atoms with Crippen molar-refractivity contribution in [1.82, 2.24) is 4.90 Å². The lowest BCUT2D eigenvalue weighted by atomic mass is 10.1. The zero-order chi connectivity index (χ0) is 20.6. The number of hydrogen-bond donors (Lipinski definition) is 0. The van der Waals surface area contributed by atoms with Crippen LogP contribution in [0.25, 0.3) is 0 Å². The third-order valence-electron chi connectivity index (χ3n) is 4.45. The van der Waals surface area contributed by atoms with Gasteiger partial charge in [0.05, 0.1) is 22.9 Å². The number of nitro benzene ring substituents is 1. The molecule has 0 spiro atoms. The van der Waals surface area contributed by atoms with Crippen molar-refractivity contribution in [2.24, 2.45) is 10.2 Å². The van der Waals surface area contributed by atoms with E-state index in [9.17, 15) is 14.9 Å². The lowest BCUT2D eigenvalue weighted by Crippen LogP contribution is -2.31. The molecule has 1 heterocycles. The Morgan fingerprint density at radius 1 is 1.21 bits per heavy atom. The third-order valence-corrected chi connectivity index (χ3v) is 5.69. The van der Waals surface area contributed by atoms with Crippen LogP contribution in [0, 0.1) is 10.1 Å². The summed E-state index contributed by atoms with van der Waals surface area (Å²) >= 11 is 1.43. The van der Waals surface area contributed by atoms with Gasteiger partial charge in [-0.1, -0.05) is 74.0 Å². The quantitative estimate of drug-likeness (QED) is 0.361. The molecule has 2 aromatic rings. The van der Waals surface area contributed by atoms with Gasteiger partial charge < -0.3 is 0 Å². The van der Waals surface area contributed by atoms with Crippen LogP contribution < -0.4 is 0 Å². The number of amidine groups is 1. The van der Waals surface area contributed by atoms with Crippen molar-refractivity contribution >= 4 is 34.7 Å². The highest BCUT2D eigenvalue weighted by atomic mass is 32.2. The molecule has 2 aromatic carbocycles. The Labute approximate surface area is 173 Å². The number of unbranched alkanes of at least 4 members (excludes halogenated alkanes) is 1. The SMILES string of the molecule is CCCC[C@@H]1S/C(=N\N=C/c2cccc([N+](=O)[O-])c2)N(Cc2ccccc2)C1=O. The first-order valence-electron chi connectivity index (χ1n) is 9.46. The zero-order valence-corrected chi connectivity index (χ0v) is 16.9. The van der Waals surface area contributed by atoms with Crippen molar-refractivity contribution < 1.29 is 9.72 Å². The highest BCUT2D eigenvalue weighted by Crippen LogP contribution is 2.32. The number of carbonyl (C=O) groups excluding carboxylic acids is 1. The predicted molar refractivity (Wildman–Crippen MR) is 116 cm³/mol. The van der Waals surface area contributed by atoms with E-state index >= 15 is 0 Å². The van der Waals surface area contributed by atoms with Crippen LogP contribution >= 0.6 is 11.8 Å². The first-order valence-corrected chi connectivity index (χ1v) is 10.3. The molecular weight excluding hydrogens is 388 g/mol. The van der Waals surface area contributed by atoms with Gasteiger partial charge in [-0.05, 0) is 12.0 Å². The van der Waals surface area contributed by atoms with Crippen LogP contribution in [0.5, 0.6) is 0 Å². The van der Waals surface area contributed by atoms with E-state index in [2.05, 4.69) is 17.1 Å². The maximum Gasteiger partial charge on any atom is 0.270 e. The van der Waals surface area contributed by atoms with Crippen molar-refractivity contribution in [1.29, 1.82) is 0 Å². The van der Waals surface area contributed by atoms with E-state index in [1.165, 1.54) is 30.1 Å². The number of thioether (sulfide) groups is 1. The summed E-state index contributed by atoms with van der Waals surface area (Å²) in [5, 5.41) is 19.7. The largest absolute Gasteiger partial charge is 0.284 e. The van der Waals surface area contributed by atoms with E-state index in [0.29, 0.717) is 17.3 Å². The molecule has 1 fully saturated rings. The normalized spacial score (nSPS) is 18.1. The number of rotatable bonds is 8. The Kier molecular flexibility index (Phi) is 7.13. The van der Waals surface area contributed by atoms with E-state index in [1.54, 1.807) is 17.0 Å². The lowest BCUT2D eigenvalue weighted by molar-refractivity contribution is -0.384. The van der Waals surface area contributed by atoms with Gasteiger partial charge in [-0.25, -0.2) is 0 Å². The van der Waals surface area contributed by atoms with Crippen LogP contribution in [0.1, 0.15) is 37.3 Å². The second-order valence-corrected chi connectivity index (χ2v) is 7.81. The number of nitrogens with zero attached hydrogens (tertiary/aromatic N) is 4. The molecule has 1 aliphatic rings. The monoisotopic (exact) mass is 410 g/mol. The standard InChI is InChI=1S/C21H22N4O3S/c1-2-3-12-19-20(26)24(15-16-8-5-4-6-9-16)21(29-19)23-22-14-17-10-7-11-18(13-17)25(27)28/h4-11,13-14,19H,2-3,12,15H2,1H3/b22-14-,23-21-/t19-/m0/s1. The van der Waals surface area contributed by atoms with Gasteiger partial charge in [0.25, 0.3) is 5.69 Å². The molecule has 0 aliphatic carbocycles. The molecule has 7 nitrogen and oxygen atoms in total. The van der Waals surface area contributed by atoms with Gasteiger partial charge in [-0.3, -0.25) is 19.8 Å². The summed E-state index contributed by atoms with van der Waals surface area (Å²) in [5.74, 6) is 0.0524. The molecule has 0 unspecified atom stereocenters. The number of nitro groups is 1. The van der Waals surface area contributed by atoms with Crippen LogP contribution in [0.15, 0.2) is 64.8 Å². The predicted octanol–water partition coefficient (Wildman–Crippen LogP) is 4.62. The number of hydrogen-bond acceptors (Lipinski definition) is 6. The van der Waals surface area contributed by atoms with Crippen molar-refractivity contribution in [3.63, 3.8) is 0 Å². The molecular formula is C21H22N4O3S. The zero-order valence-electron chi connectivity index (χ0n) is 16.1. The lowest BCUT2D eigenvalue weighted by Gasteiger charge is -2.15. The summed E-state index contributed by atoms with van der Waals surface area (Å²) in [5.41, 5.74) is 1.60. The minimum Gasteiger partial charge on any atom is -0.284 e. The van der Waals surface area contributed by atoms with Crippen LogP contribution in [-0.2, 0) is 11.3 Å². The van der Waals surface area contributed by atoms with Crippen LogP contribution in [0.3, 0.4) is 0 Å². The Bertz CT molecular complexity index is 931. The summed E-state index contributed by atoms with van der Waals surface area (Å²) in [6, 6.07) is 15.9. The van der Waals surface area contributed by atoms with Crippen molar-refractivity contribution in [3.8, 4) is 0 Å². The molecule has 0 aromatic heterocycles. The maximum atomic E-state index is 12.9. The molecule has 0 saturated carbocycles. The minimum absolute atomic E-state index is 0.00245. The van der Waals surface area contributed by atoms with Gasteiger partial charge in [-0.2, -0.15) is 5.10 Å². The fourth-order valence-corrected chi connectivity index (χ4v) is 4.08. The van der Waals surface area contributed by atoms with Gasteiger partial charge in [0.2, 0.25) is 5.91 Å². The van der Waals surface area contributed by atoms with Crippen molar-refractivity contribution in [2.45, 2.75) is 38.0 Å². The Morgan fingerprint density at radius 2 is 2.00 bits per heavy atom. The Morgan fingerprint density at radius 3 is 2.72 bits per heavy atom. The minimum atomic E-state index is -0.450. The number of non-ortho nitro benzene ring substituents is 1. The van der Waals surface area contributed by atoms with Crippen molar-refractivity contribution in [3.05, 3.63) is 75.8 Å². The molecule has 1 atom stereocenters. The summed E-state index contributed by atoms with van der Waals surface area (Å²) < 4.78 is 0. The van der Waals surface area contributed by atoms with E-state index in [-0.39, 0.29) is 16.8 Å². The molecule has 1 aliphatic heterocycles. The smallest absolute Gasteiger partial charge is 0.270 e. The average molecular weight is 410 g/mol. The van der Waals surface area contributed by atoms with Gasteiger partial charge in [0, 0.05) is 17.7 Å². The number of carbonyl (C=O) groups is 1. The molecule has 29 heavy (non-hydrogen) atoms. The fourth-order valence-electron chi connectivity index (χ4n) is 2.93. The van der Waals surface area contributed by atoms with Gasteiger partial charge in [0.15, 0.2) is 5.17 Å². The van der Waals surface area contributed by atoms with Crippen LogP contribution in [0.4, 0.5) is 5.69 Å². The first kappa shape index (κ1) is 20.7. The fraction of sp³-hybridized carbons (Fsp3) is 0.286. The molecule has 0 bridgehead atoms. The first-order chi connectivity index (χ1) is 14.1. The molecule has 1 saturated heterocycles. The van der Waals surface area contributed by atoms with Gasteiger partial charge in [0.1, 0.15) is 0 Å². The average Bonchev–Trinajstić information content (AvgIpc) is 3.02. The summed E-state index contributed by atoms with van der Waals surface area (Å²) in [4.78, 5) is 25.0. The van der Waals surface area contributed by atoms with Crippen LogP contribution in [-0.4, -0.2) is 32.4 Å². The van der Waals surface area contributed by atoms with Crippen molar-refractivity contribution in [2.75, 3.05) is 0 Å².